The summed E-state index contributed by atoms with van der Waals surface area (Å²) in [6.07, 6.45) is 4.30. The van der Waals surface area contributed by atoms with Crippen LogP contribution in [0.4, 0.5) is 0 Å². The zero-order chi connectivity index (χ0) is 9.68. The Balaban J connectivity index is 2.64. The van der Waals surface area contributed by atoms with Crippen LogP contribution in [0.5, 0.6) is 0 Å². The van der Waals surface area contributed by atoms with Crippen LogP contribution >= 0.6 is 0 Å². The molecular formula is C9H11NO3. The van der Waals surface area contributed by atoms with Gasteiger partial charge in [0.05, 0.1) is 0 Å². The zero-order valence-electron chi connectivity index (χ0n) is 7.06. The Bertz CT molecular complexity index is 314. The highest BCUT2D eigenvalue weighted by Gasteiger charge is 2.06. The Hall–Kier alpha value is -1.55. The Labute approximate surface area is 75.7 Å². The Kier molecular flexibility index (Phi) is 3.28. The molecule has 1 heterocycles. The fourth-order valence-corrected chi connectivity index (χ4v) is 0.853. The molecule has 0 aliphatic carbocycles. The molecule has 0 fully saturated rings. The number of nitrogens with two attached hydrogens (primary N) is 1. The van der Waals surface area contributed by atoms with Crippen molar-refractivity contribution in [2.24, 2.45) is 5.73 Å². The number of carbonyl (C=O) groups is 1. The SMILES string of the molecule is NCCC=Cc1ccc(C(=O)O)o1. The van der Waals surface area contributed by atoms with E-state index in [9.17, 15) is 4.79 Å². The normalized spacial score (nSPS) is 10.8. The zero-order valence-corrected chi connectivity index (χ0v) is 7.06. The first-order valence-corrected chi connectivity index (χ1v) is 3.94. The molecule has 70 valence electrons. The number of hydrogen-bond acceptors (Lipinski definition) is 3. The summed E-state index contributed by atoms with van der Waals surface area (Å²) in [5, 5.41) is 8.53. The molecule has 0 amide bonds. The molecule has 1 rings (SSSR count). The van der Waals surface area contributed by atoms with E-state index in [0.29, 0.717) is 12.3 Å². The first kappa shape index (κ1) is 9.54. The van der Waals surface area contributed by atoms with Crippen LogP contribution in [0.1, 0.15) is 22.7 Å². The standard InChI is InChI=1S/C9H11NO3/c10-6-2-1-3-7-4-5-8(13-7)9(11)12/h1,3-5H,2,6,10H2,(H,11,12). The number of rotatable bonds is 4. The minimum atomic E-state index is -1.06. The lowest BCUT2D eigenvalue weighted by Crippen LogP contribution is -1.94. The first-order valence-electron chi connectivity index (χ1n) is 3.94. The summed E-state index contributed by atoms with van der Waals surface area (Å²) in [5.41, 5.74) is 5.27. The van der Waals surface area contributed by atoms with E-state index >= 15 is 0 Å². The van der Waals surface area contributed by atoms with Gasteiger partial charge in [-0.15, -0.1) is 0 Å². The molecule has 0 unspecified atom stereocenters. The molecule has 1 aromatic rings. The van der Waals surface area contributed by atoms with Crippen molar-refractivity contribution in [2.45, 2.75) is 6.42 Å². The van der Waals surface area contributed by atoms with Crippen molar-refractivity contribution in [3.05, 3.63) is 29.7 Å². The van der Waals surface area contributed by atoms with E-state index in [-0.39, 0.29) is 5.76 Å². The Morgan fingerprint density at radius 3 is 2.92 bits per heavy atom. The van der Waals surface area contributed by atoms with Gasteiger partial charge in [0, 0.05) is 0 Å². The largest absolute Gasteiger partial charge is 0.475 e. The molecule has 0 saturated heterocycles. The van der Waals surface area contributed by atoms with Crippen LogP contribution < -0.4 is 5.73 Å². The highest BCUT2D eigenvalue weighted by molar-refractivity contribution is 5.84. The second-order valence-electron chi connectivity index (χ2n) is 2.49. The van der Waals surface area contributed by atoms with E-state index < -0.39 is 5.97 Å². The van der Waals surface area contributed by atoms with E-state index in [4.69, 9.17) is 15.3 Å². The second kappa shape index (κ2) is 4.47. The summed E-state index contributed by atoms with van der Waals surface area (Å²) in [6.45, 7) is 0.572. The molecule has 0 aliphatic rings. The highest BCUT2D eigenvalue weighted by atomic mass is 16.4. The van der Waals surface area contributed by atoms with Crippen molar-refractivity contribution in [1.29, 1.82) is 0 Å². The van der Waals surface area contributed by atoms with E-state index in [1.807, 2.05) is 6.08 Å². The third kappa shape index (κ3) is 2.76. The van der Waals surface area contributed by atoms with Crippen LogP contribution in [-0.2, 0) is 0 Å². The van der Waals surface area contributed by atoms with Gasteiger partial charge in [-0.05, 0) is 31.2 Å². The molecule has 0 spiro atoms. The number of carboxylic acids is 1. The van der Waals surface area contributed by atoms with Crippen LogP contribution in [0.15, 0.2) is 22.6 Å². The summed E-state index contributed by atoms with van der Waals surface area (Å²) in [6, 6.07) is 3.03. The maximum atomic E-state index is 10.4. The van der Waals surface area contributed by atoms with Gasteiger partial charge in [0.2, 0.25) is 5.76 Å². The lowest BCUT2D eigenvalue weighted by atomic mass is 10.3. The molecule has 0 bridgehead atoms. The predicted molar refractivity (Wildman–Crippen MR) is 48.4 cm³/mol. The van der Waals surface area contributed by atoms with Crippen LogP contribution in [0.3, 0.4) is 0 Å². The maximum Gasteiger partial charge on any atom is 0.371 e. The Morgan fingerprint density at radius 1 is 1.62 bits per heavy atom. The van der Waals surface area contributed by atoms with E-state index in [0.717, 1.165) is 6.42 Å². The molecule has 1 aromatic heterocycles. The number of furan rings is 1. The van der Waals surface area contributed by atoms with Crippen molar-refractivity contribution in [3.8, 4) is 0 Å². The van der Waals surface area contributed by atoms with Crippen molar-refractivity contribution in [1.82, 2.24) is 0 Å². The number of carboxylic acid groups (broad SMARTS) is 1. The second-order valence-corrected chi connectivity index (χ2v) is 2.49. The summed E-state index contributed by atoms with van der Waals surface area (Å²) < 4.78 is 4.96. The Morgan fingerprint density at radius 2 is 2.38 bits per heavy atom. The highest BCUT2D eigenvalue weighted by Crippen LogP contribution is 2.09. The minimum absolute atomic E-state index is 0.0487. The summed E-state index contributed by atoms with van der Waals surface area (Å²) >= 11 is 0. The predicted octanol–water partition coefficient (Wildman–Crippen LogP) is 1.34. The molecule has 0 saturated carbocycles. The molecule has 0 aliphatic heterocycles. The van der Waals surface area contributed by atoms with Gasteiger partial charge in [-0.1, -0.05) is 6.08 Å². The summed E-state index contributed by atoms with van der Waals surface area (Å²) in [4.78, 5) is 10.4. The molecule has 3 N–H and O–H groups in total. The minimum Gasteiger partial charge on any atom is -0.475 e. The van der Waals surface area contributed by atoms with Gasteiger partial charge in [0.15, 0.2) is 0 Å². The van der Waals surface area contributed by atoms with Crippen molar-refractivity contribution < 1.29 is 14.3 Å². The first-order chi connectivity index (χ1) is 6.24. The van der Waals surface area contributed by atoms with E-state index in [1.54, 1.807) is 12.1 Å². The maximum absolute atomic E-state index is 10.4. The molecule has 4 nitrogen and oxygen atoms in total. The van der Waals surface area contributed by atoms with Crippen molar-refractivity contribution in [3.63, 3.8) is 0 Å². The van der Waals surface area contributed by atoms with Gasteiger partial charge in [-0.2, -0.15) is 0 Å². The average Bonchev–Trinajstić information content (AvgIpc) is 2.53. The van der Waals surface area contributed by atoms with Gasteiger partial charge < -0.3 is 15.3 Å². The van der Waals surface area contributed by atoms with Crippen LogP contribution in [0, 0.1) is 0 Å². The molecule has 0 aromatic carbocycles. The monoisotopic (exact) mass is 181 g/mol. The molecule has 0 radical (unpaired) electrons. The van der Waals surface area contributed by atoms with E-state index in [2.05, 4.69) is 0 Å². The topological polar surface area (TPSA) is 76.5 Å². The fraction of sp³-hybridized carbons (Fsp3) is 0.222. The van der Waals surface area contributed by atoms with Crippen molar-refractivity contribution in [2.75, 3.05) is 6.54 Å². The number of aromatic carboxylic acids is 1. The van der Waals surface area contributed by atoms with Crippen LogP contribution in [0.2, 0.25) is 0 Å². The van der Waals surface area contributed by atoms with Gasteiger partial charge in [0.1, 0.15) is 5.76 Å². The van der Waals surface area contributed by atoms with Gasteiger partial charge >= 0.3 is 5.97 Å². The van der Waals surface area contributed by atoms with Gasteiger partial charge in [-0.25, -0.2) is 4.79 Å². The van der Waals surface area contributed by atoms with Gasteiger partial charge in [0.25, 0.3) is 0 Å². The quantitative estimate of drug-likeness (QED) is 0.734. The van der Waals surface area contributed by atoms with Gasteiger partial charge in [-0.3, -0.25) is 0 Å². The lowest BCUT2D eigenvalue weighted by molar-refractivity contribution is 0.0662. The fourth-order valence-electron chi connectivity index (χ4n) is 0.853. The lowest BCUT2D eigenvalue weighted by Gasteiger charge is -1.86. The number of hydrogen-bond donors (Lipinski definition) is 2. The summed E-state index contributed by atoms with van der Waals surface area (Å²) in [5.74, 6) is -0.572. The smallest absolute Gasteiger partial charge is 0.371 e. The average molecular weight is 181 g/mol. The third-order valence-electron chi connectivity index (χ3n) is 1.45. The molecule has 0 atom stereocenters. The van der Waals surface area contributed by atoms with Crippen LogP contribution in [-0.4, -0.2) is 17.6 Å². The van der Waals surface area contributed by atoms with E-state index in [1.165, 1.54) is 6.07 Å². The molecular weight excluding hydrogens is 170 g/mol. The summed E-state index contributed by atoms with van der Waals surface area (Å²) in [7, 11) is 0. The van der Waals surface area contributed by atoms with Crippen LogP contribution in [0.25, 0.3) is 6.08 Å². The molecule has 13 heavy (non-hydrogen) atoms. The van der Waals surface area contributed by atoms with Crippen molar-refractivity contribution >= 4 is 12.0 Å². The molecule has 4 heteroatoms. The third-order valence-corrected chi connectivity index (χ3v) is 1.45.